The van der Waals surface area contributed by atoms with E-state index in [1.807, 2.05) is 0 Å². The zero-order chi connectivity index (χ0) is 13.9. The first-order chi connectivity index (χ1) is 9.24. The number of unbranched alkanes of at least 4 members (excludes halogenated alkanes) is 9. The lowest BCUT2D eigenvalue weighted by Gasteiger charge is -2.02. The third-order valence-electron chi connectivity index (χ3n) is 4.13. The second kappa shape index (κ2) is 10.1. The monoisotopic (exact) mass is 263 g/mol. The smallest absolute Gasteiger partial charge is 0.0143 e. The summed E-state index contributed by atoms with van der Waals surface area (Å²) < 4.78 is 2.23. The molecule has 110 valence electrons. The summed E-state index contributed by atoms with van der Waals surface area (Å²) in [6.07, 6.45) is 17.8. The van der Waals surface area contributed by atoms with Crippen LogP contribution in [0.5, 0.6) is 0 Å². The van der Waals surface area contributed by atoms with Crippen LogP contribution in [0, 0.1) is 6.92 Å². The van der Waals surface area contributed by atoms with E-state index in [1.54, 1.807) is 0 Å². The van der Waals surface area contributed by atoms with Gasteiger partial charge in [0.05, 0.1) is 0 Å². The van der Waals surface area contributed by atoms with E-state index >= 15 is 0 Å². The topological polar surface area (TPSA) is 4.93 Å². The highest BCUT2D eigenvalue weighted by molar-refractivity contribution is 5.17. The molecule has 0 fully saturated rings. The van der Waals surface area contributed by atoms with Crippen LogP contribution in [-0.4, -0.2) is 4.57 Å². The molecule has 19 heavy (non-hydrogen) atoms. The van der Waals surface area contributed by atoms with Crippen molar-refractivity contribution in [3.8, 4) is 0 Å². The average Bonchev–Trinajstić information content (AvgIpc) is 2.71. The maximum absolute atomic E-state index is 2.33. The molecule has 1 heteroatoms. The van der Waals surface area contributed by atoms with Crippen LogP contribution in [0.15, 0.2) is 12.3 Å². The van der Waals surface area contributed by atoms with E-state index < -0.39 is 0 Å². The maximum Gasteiger partial charge on any atom is 0.0143 e. The predicted octanol–water partition coefficient (Wildman–Crippen LogP) is 5.80. The predicted molar refractivity (Wildman–Crippen MR) is 85.7 cm³/mol. The summed E-state index contributed by atoms with van der Waals surface area (Å²) in [5.41, 5.74) is 2.89. The molecule has 0 aliphatic carbocycles. The van der Waals surface area contributed by atoms with E-state index in [2.05, 4.69) is 37.7 Å². The van der Waals surface area contributed by atoms with Gasteiger partial charge in [0.1, 0.15) is 0 Å². The highest BCUT2D eigenvalue weighted by Crippen LogP contribution is 2.13. The Kier molecular flexibility index (Phi) is 8.69. The van der Waals surface area contributed by atoms with Crippen LogP contribution in [0.2, 0.25) is 0 Å². The molecule has 0 unspecified atom stereocenters. The molecule has 0 radical (unpaired) electrons. The molecule has 0 aliphatic rings. The quantitative estimate of drug-likeness (QED) is 0.445. The fourth-order valence-corrected chi connectivity index (χ4v) is 2.71. The maximum atomic E-state index is 2.33. The molecule has 0 saturated heterocycles. The summed E-state index contributed by atoms with van der Waals surface area (Å²) >= 11 is 0. The van der Waals surface area contributed by atoms with Crippen molar-refractivity contribution in [1.29, 1.82) is 0 Å². The Morgan fingerprint density at radius 2 is 1.37 bits per heavy atom. The lowest BCUT2D eigenvalue weighted by molar-refractivity contribution is 0.556. The lowest BCUT2D eigenvalue weighted by atomic mass is 10.0. The first-order valence-corrected chi connectivity index (χ1v) is 8.36. The Morgan fingerprint density at radius 3 is 1.84 bits per heavy atom. The van der Waals surface area contributed by atoms with E-state index in [0.717, 1.165) is 0 Å². The van der Waals surface area contributed by atoms with Crippen molar-refractivity contribution >= 4 is 0 Å². The standard InChI is InChI=1S/C18H33N/c1-4-5-6-7-8-9-10-11-12-13-14-18-15-17(2)19(3)16-18/h15-16H,4-14H2,1-3H3. The van der Waals surface area contributed by atoms with Gasteiger partial charge < -0.3 is 4.57 Å². The summed E-state index contributed by atoms with van der Waals surface area (Å²) in [7, 11) is 2.14. The molecule has 1 aromatic rings. The second-order valence-corrected chi connectivity index (χ2v) is 6.03. The van der Waals surface area contributed by atoms with Gasteiger partial charge in [-0.2, -0.15) is 0 Å². The number of hydrogen-bond donors (Lipinski definition) is 0. The molecule has 1 rings (SSSR count). The summed E-state index contributed by atoms with van der Waals surface area (Å²) in [6.45, 7) is 4.47. The van der Waals surface area contributed by atoms with Gasteiger partial charge in [-0.25, -0.2) is 0 Å². The Hall–Kier alpha value is -0.720. The summed E-state index contributed by atoms with van der Waals surface area (Å²) in [5, 5.41) is 0. The molecular formula is C18H33N. The van der Waals surface area contributed by atoms with E-state index in [1.165, 1.54) is 81.9 Å². The second-order valence-electron chi connectivity index (χ2n) is 6.03. The van der Waals surface area contributed by atoms with Gasteiger partial charge in [0.2, 0.25) is 0 Å². The van der Waals surface area contributed by atoms with Gasteiger partial charge in [-0.15, -0.1) is 0 Å². The number of nitrogens with zero attached hydrogens (tertiary/aromatic N) is 1. The fraction of sp³-hybridized carbons (Fsp3) is 0.778. The van der Waals surface area contributed by atoms with Crippen LogP contribution >= 0.6 is 0 Å². The third-order valence-corrected chi connectivity index (χ3v) is 4.13. The number of aromatic nitrogens is 1. The SMILES string of the molecule is CCCCCCCCCCCCc1cc(C)n(C)c1. The Labute approximate surface area is 120 Å². The largest absolute Gasteiger partial charge is 0.354 e. The van der Waals surface area contributed by atoms with Gasteiger partial charge in [0, 0.05) is 18.9 Å². The van der Waals surface area contributed by atoms with Crippen molar-refractivity contribution in [1.82, 2.24) is 4.57 Å². The van der Waals surface area contributed by atoms with Crippen LogP contribution in [0.25, 0.3) is 0 Å². The molecule has 0 aromatic carbocycles. The van der Waals surface area contributed by atoms with Crippen molar-refractivity contribution < 1.29 is 0 Å². The van der Waals surface area contributed by atoms with E-state index in [-0.39, 0.29) is 0 Å². The average molecular weight is 263 g/mol. The Bertz CT molecular complexity index is 305. The zero-order valence-corrected chi connectivity index (χ0v) is 13.4. The van der Waals surface area contributed by atoms with Crippen molar-refractivity contribution in [2.45, 2.75) is 84.5 Å². The van der Waals surface area contributed by atoms with Crippen molar-refractivity contribution in [3.63, 3.8) is 0 Å². The molecule has 0 atom stereocenters. The fourth-order valence-electron chi connectivity index (χ4n) is 2.71. The first kappa shape index (κ1) is 16.3. The van der Waals surface area contributed by atoms with E-state index in [4.69, 9.17) is 0 Å². The number of hydrogen-bond acceptors (Lipinski definition) is 0. The van der Waals surface area contributed by atoms with Gasteiger partial charge in [0.15, 0.2) is 0 Å². The Balaban J connectivity index is 1.88. The van der Waals surface area contributed by atoms with Crippen LogP contribution in [0.4, 0.5) is 0 Å². The molecule has 0 spiro atoms. The van der Waals surface area contributed by atoms with Gasteiger partial charge >= 0.3 is 0 Å². The van der Waals surface area contributed by atoms with Crippen molar-refractivity contribution in [2.75, 3.05) is 0 Å². The summed E-state index contributed by atoms with van der Waals surface area (Å²) in [5.74, 6) is 0. The Morgan fingerprint density at radius 1 is 0.842 bits per heavy atom. The van der Waals surface area contributed by atoms with Crippen molar-refractivity contribution in [2.24, 2.45) is 7.05 Å². The molecule has 1 heterocycles. The molecule has 0 amide bonds. The number of aryl methyl sites for hydroxylation is 3. The van der Waals surface area contributed by atoms with Crippen LogP contribution < -0.4 is 0 Å². The third kappa shape index (κ3) is 7.44. The van der Waals surface area contributed by atoms with Crippen LogP contribution in [0.3, 0.4) is 0 Å². The van der Waals surface area contributed by atoms with Crippen molar-refractivity contribution in [3.05, 3.63) is 23.5 Å². The van der Waals surface area contributed by atoms with Gasteiger partial charge in [-0.05, 0) is 31.4 Å². The summed E-state index contributed by atoms with van der Waals surface area (Å²) in [6, 6.07) is 2.33. The van der Waals surface area contributed by atoms with Gasteiger partial charge in [-0.3, -0.25) is 0 Å². The molecule has 0 aliphatic heterocycles. The molecule has 0 bridgehead atoms. The molecule has 0 saturated carbocycles. The highest BCUT2D eigenvalue weighted by Gasteiger charge is 1.99. The minimum atomic E-state index is 1.26. The molecular weight excluding hydrogens is 230 g/mol. The minimum Gasteiger partial charge on any atom is -0.354 e. The lowest BCUT2D eigenvalue weighted by Crippen LogP contribution is -1.86. The van der Waals surface area contributed by atoms with E-state index in [0.29, 0.717) is 0 Å². The molecule has 0 N–H and O–H groups in total. The normalized spacial score (nSPS) is 11.1. The number of rotatable bonds is 11. The highest BCUT2D eigenvalue weighted by atomic mass is 14.9. The van der Waals surface area contributed by atoms with Crippen LogP contribution in [0.1, 0.15) is 82.4 Å². The zero-order valence-electron chi connectivity index (χ0n) is 13.4. The first-order valence-electron chi connectivity index (χ1n) is 8.36. The molecule has 1 nitrogen and oxygen atoms in total. The van der Waals surface area contributed by atoms with Gasteiger partial charge in [-0.1, -0.05) is 64.7 Å². The van der Waals surface area contributed by atoms with Crippen LogP contribution in [-0.2, 0) is 13.5 Å². The van der Waals surface area contributed by atoms with E-state index in [9.17, 15) is 0 Å². The van der Waals surface area contributed by atoms with Gasteiger partial charge in [0.25, 0.3) is 0 Å². The molecule has 1 aromatic heterocycles. The minimum absolute atomic E-state index is 1.26. The summed E-state index contributed by atoms with van der Waals surface area (Å²) in [4.78, 5) is 0.